The summed E-state index contributed by atoms with van der Waals surface area (Å²) in [5.74, 6) is 0.324. The Morgan fingerprint density at radius 3 is 2.36 bits per heavy atom. The molecule has 5 heteroatoms. The lowest BCUT2D eigenvalue weighted by atomic mass is 10.2. The number of aromatic nitrogens is 1. The molecule has 1 aliphatic carbocycles. The van der Waals surface area contributed by atoms with Gasteiger partial charge >= 0.3 is 0 Å². The van der Waals surface area contributed by atoms with Crippen LogP contribution in [0.1, 0.15) is 41.0 Å². The van der Waals surface area contributed by atoms with Crippen LogP contribution in [0.3, 0.4) is 0 Å². The standard InChI is InChI=1S/C16H25NO2SSi.CH4/c1-16(2,3)21(4,5)19-14-10-12(18)11-15(14)20-13-6-8-17-9-7-13;/h6-9,14-15H,10-11H2,1-5H3;1H4/t14-,15-;/m0./s1. The van der Waals surface area contributed by atoms with Gasteiger partial charge in [-0.05, 0) is 30.3 Å². The highest BCUT2D eigenvalue weighted by molar-refractivity contribution is 8.00. The molecule has 0 spiro atoms. The smallest absolute Gasteiger partial charge is 0.192 e. The molecule has 1 aromatic heterocycles. The van der Waals surface area contributed by atoms with E-state index >= 15 is 0 Å². The maximum Gasteiger partial charge on any atom is 0.192 e. The number of nitrogens with zero attached hydrogens (tertiary/aromatic N) is 1. The van der Waals surface area contributed by atoms with Gasteiger partial charge in [-0.3, -0.25) is 9.78 Å². The van der Waals surface area contributed by atoms with Crippen LogP contribution in [-0.2, 0) is 9.22 Å². The number of rotatable bonds is 4. The number of thioether (sulfide) groups is 1. The van der Waals surface area contributed by atoms with Crippen LogP contribution in [0.4, 0.5) is 0 Å². The van der Waals surface area contributed by atoms with E-state index in [-0.39, 0.29) is 23.8 Å². The number of Topliss-reactive ketones (excluding diaryl/α,β-unsaturated/α-hetero) is 1. The van der Waals surface area contributed by atoms with Gasteiger partial charge in [0, 0.05) is 35.4 Å². The molecule has 2 rings (SSSR count). The van der Waals surface area contributed by atoms with E-state index in [0.29, 0.717) is 18.6 Å². The fraction of sp³-hybridized carbons (Fsp3) is 0.647. The SMILES string of the molecule is C.CC(C)(C)[Si](C)(C)O[C@H]1CC(=O)C[C@@H]1Sc1ccncc1. The van der Waals surface area contributed by atoms with Crippen molar-refractivity contribution in [3.05, 3.63) is 24.5 Å². The van der Waals surface area contributed by atoms with Crippen molar-refractivity contribution >= 4 is 25.9 Å². The predicted molar refractivity (Wildman–Crippen MR) is 96.9 cm³/mol. The van der Waals surface area contributed by atoms with Crippen LogP contribution < -0.4 is 0 Å². The molecule has 2 atom stereocenters. The van der Waals surface area contributed by atoms with Crippen molar-refractivity contribution in [2.24, 2.45) is 0 Å². The summed E-state index contributed by atoms with van der Waals surface area (Å²) in [6, 6.07) is 3.99. The number of carbonyl (C=O) groups is 1. The monoisotopic (exact) mass is 339 g/mol. The summed E-state index contributed by atoms with van der Waals surface area (Å²) in [5.41, 5.74) is 0. The van der Waals surface area contributed by atoms with Gasteiger partial charge in [0.1, 0.15) is 5.78 Å². The van der Waals surface area contributed by atoms with Crippen LogP contribution in [0.5, 0.6) is 0 Å². The Balaban J connectivity index is 0.00000242. The van der Waals surface area contributed by atoms with Crippen molar-refractivity contribution in [3.63, 3.8) is 0 Å². The van der Waals surface area contributed by atoms with Gasteiger partial charge in [-0.15, -0.1) is 11.8 Å². The van der Waals surface area contributed by atoms with Crippen molar-refractivity contribution in [2.75, 3.05) is 0 Å². The normalized spacial score (nSPS) is 22.5. The number of ketones is 1. The van der Waals surface area contributed by atoms with Gasteiger partial charge < -0.3 is 4.43 Å². The van der Waals surface area contributed by atoms with E-state index in [1.165, 1.54) is 0 Å². The zero-order chi connectivity index (χ0) is 15.7. The molecule has 3 nitrogen and oxygen atoms in total. The third-order valence-corrected chi connectivity index (χ3v) is 10.3. The molecule has 124 valence electrons. The van der Waals surface area contributed by atoms with E-state index in [1.54, 1.807) is 24.2 Å². The van der Waals surface area contributed by atoms with E-state index in [2.05, 4.69) is 38.8 Å². The summed E-state index contributed by atoms with van der Waals surface area (Å²) in [4.78, 5) is 17.1. The minimum absolute atomic E-state index is 0. The molecule has 1 fully saturated rings. The van der Waals surface area contributed by atoms with Crippen LogP contribution in [0.2, 0.25) is 18.1 Å². The van der Waals surface area contributed by atoms with Gasteiger partial charge in [0.25, 0.3) is 0 Å². The zero-order valence-electron chi connectivity index (χ0n) is 13.6. The van der Waals surface area contributed by atoms with Crippen molar-refractivity contribution in [1.29, 1.82) is 0 Å². The predicted octanol–water partition coefficient (Wildman–Crippen LogP) is 4.93. The molecule has 0 N–H and O–H groups in total. The molecule has 0 bridgehead atoms. The Kier molecular flexibility index (Phi) is 6.42. The Hall–Kier alpha value is -0.653. The van der Waals surface area contributed by atoms with E-state index in [0.717, 1.165) is 4.90 Å². The molecular formula is C17H29NO2SSi. The third-order valence-electron chi connectivity index (χ3n) is 4.46. The van der Waals surface area contributed by atoms with Crippen LogP contribution in [0.25, 0.3) is 0 Å². The van der Waals surface area contributed by atoms with Gasteiger partial charge in [-0.25, -0.2) is 0 Å². The average molecular weight is 340 g/mol. The second kappa shape index (κ2) is 7.28. The summed E-state index contributed by atoms with van der Waals surface area (Å²) < 4.78 is 6.50. The molecule has 22 heavy (non-hydrogen) atoms. The fourth-order valence-electron chi connectivity index (χ4n) is 2.18. The van der Waals surface area contributed by atoms with Crippen molar-refractivity contribution in [2.45, 2.75) is 75.4 Å². The van der Waals surface area contributed by atoms with Crippen LogP contribution in [0, 0.1) is 0 Å². The lowest BCUT2D eigenvalue weighted by molar-refractivity contribution is -0.117. The fourth-order valence-corrected chi connectivity index (χ4v) is 4.83. The van der Waals surface area contributed by atoms with Crippen LogP contribution in [-0.4, -0.2) is 30.4 Å². The number of pyridine rings is 1. The minimum atomic E-state index is -1.84. The van der Waals surface area contributed by atoms with E-state index in [4.69, 9.17) is 4.43 Å². The molecule has 0 radical (unpaired) electrons. The Bertz CT molecular complexity index is 499. The Morgan fingerprint density at radius 2 is 1.82 bits per heavy atom. The molecule has 0 amide bonds. The summed E-state index contributed by atoms with van der Waals surface area (Å²) in [7, 11) is -1.84. The topological polar surface area (TPSA) is 39.2 Å². The minimum Gasteiger partial charge on any atom is -0.412 e. The van der Waals surface area contributed by atoms with E-state index < -0.39 is 8.32 Å². The number of carbonyl (C=O) groups excluding carboxylic acids is 1. The molecular weight excluding hydrogens is 310 g/mol. The van der Waals surface area contributed by atoms with Gasteiger partial charge in [0.15, 0.2) is 8.32 Å². The van der Waals surface area contributed by atoms with Crippen molar-refractivity contribution in [1.82, 2.24) is 4.98 Å². The largest absolute Gasteiger partial charge is 0.412 e. The molecule has 1 heterocycles. The molecule has 0 aliphatic heterocycles. The molecule has 0 aromatic carbocycles. The molecule has 1 aliphatic rings. The Morgan fingerprint density at radius 1 is 1.23 bits per heavy atom. The first-order chi connectivity index (χ1) is 9.69. The number of hydrogen-bond donors (Lipinski definition) is 0. The average Bonchev–Trinajstić information content (AvgIpc) is 2.68. The van der Waals surface area contributed by atoms with Crippen LogP contribution >= 0.6 is 11.8 Å². The second-order valence-corrected chi connectivity index (χ2v) is 13.3. The lowest BCUT2D eigenvalue weighted by Crippen LogP contribution is -2.45. The molecule has 1 aromatic rings. The second-order valence-electron chi connectivity index (χ2n) is 7.20. The van der Waals surface area contributed by atoms with Gasteiger partial charge in [-0.2, -0.15) is 0 Å². The highest BCUT2D eigenvalue weighted by Gasteiger charge is 2.43. The highest BCUT2D eigenvalue weighted by atomic mass is 32.2. The maximum absolute atomic E-state index is 11.9. The summed E-state index contributed by atoms with van der Waals surface area (Å²) >= 11 is 1.75. The van der Waals surface area contributed by atoms with E-state index in [1.807, 2.05) is 12.1 Å². The summed E-state index contributed by atoms with van der Waals surface area (Å²) in [5, 5.41) is 0.402. The third kappa shape index (κ3) is 4.67. The van der Waals surface area contributed by atoms with Crippen molar-refractivity contribution < 1.29 is 9.22 Å². The van der Waals surface area contributed by atoms with Crippen molar-refractivity contribution in [3.8, 4) is 0 Å². The number of hydrogen-bond acceptors (Lipinski definition) is 4. The van der Waals surface area contributed by atoms with Crippen LogP contribution in [0.15, 0.2) is 29.4 Å². The molecule has 0 saturated heterocycles. The first-order valence-corrected chi connectivity index (χ1v) is 11.2. The lowest BCUT2D eigenvalue weighted by Gasteiger charge is -2.39. The quantitative estimate of drug-likeness (QED) is 0.729. The highest BCUT2D eigenvalue weighted by Crippen LogP contribution is 2.42. The molecule has 1 saturated carbocycles. The van der Waals surface area contributed by atoms with E-state index in [9.17, 15) is 4.79 Å². The van der Waals surface area contributed by atoms with Gasteiger partial charge in [-0.1, -0.05) is 28.2 Å². The maximum atomic E-state index is 11.9. The summed E-state index contributed by atoms with van der Waals surface area (Å²) in [6.07, 6.45) is 4.82. The summed E-state index contributed by atoms with van der Waals surface area (Å²) in [6.45, 7) is 11.2. The first kappa shape index (κ1) is 19.4. The zero-order valence-corrected chi connectivity index (χ0v) is 15.4. The van der Waals surface area contributed by atoms with Gasteiger partial charge in [0.2, 0.25) is 0 Å². The Labute approximate surface area is 140 Å². The molecule has 0 unspecified atom stereocenters. The van der Waals surface area contributed by atoms with Gasteiger partial charge in [0.05, 0.1) is 6.10 Å². The first-order valence-electron chi connectivity index (χ1n) is 7.45.